The monoisotopic (exact) mass is 210 g/mol. The molecule has 15 heavy (non-hydrogen) atoms. The number of rotatable bonds is 0. The summed E-state index contributed by atoms with van der Waals surface area (Å²) in [6.07, 6.45) is 16.2. The summed E-state index contributed by atoms with van der Waals surface area (Å²) in [7, 11) is 0. The second kappa shape index (κ2) is 6.52. The minimum atomic E-state index is 0.629. The molecule has 1 saturated carbocycles. The summed E-state index contributed by atoms with van der Waals surface area (Å²) < 4.78 is 6.04. The molecule has 88 valence electrons. The molecule has 0 N–H and O–H groups in total. The average Bonchev–Trinajstić information content (AvgIpc) is 2.65. The molecule has 0 aromatic rings. The quantitative estimate of drug-likeness (QED) is 0.579. The van der Waals surface area contributed by atoms with Gasteiger partial charge in [-0.3, -0.25) is 0 Å². The van der Waals surface area contributed by atoms with E-state index in [1.165, 1.54) is 70.6 Å². The maximum Gasteiger partial charge on any atom is 0.0603 e. The Bertz CT molecular complexity index is 149. The first-order valence-electron chi connectivity index (χ1n) is 7.08. The third-order valence-electron chi connectivity index (χ3n) is 4.14. The van der Waals surface area contributed by atoms with Gasteiger partial charge in [-0.15, -0.1) is 0 Å². The fraction of sp³-hybridized carbons (Fsp3) is 1.00. The van der Waals surface area contributed by atoms with Gasteiger partial charge in [0.2, 0.25) is 0 Å². The smallest absolute Gasteiger partial charge is 0.0603 e. The van der Waals surface area contributed by atoms with Crippen LogP contribution in [0.4, 0.5) is 0 Å². The zero-order chi connectivity index (χ0) is 10.3. The van der Waals surface area contributed by atoms with Gasteiger partial charge in [-0.2, -0.15) is 0 Å². The molecule has 0 radical (unpaired) electrons. The normalized spacial score (nSPS) is 35.2. The van der Waals surface area contributed by atoms with Crippen LogP contribution in [0, 0.1) is 5.92 Å². The van der Waals surface area contributed by atoms with Gasteiger partial charge in [-0.25, -0.2) is 0 Å². The zero-order valence-corrected chi connectivity index (χ0v) is 10.0. The topological polar surface area (TPSA) is 9.23 Å². The van der Waals surface area contributed by atoms with Gasteiger partial charge in [-0.05, 0) is 31.6 Å². The lowest BCUT2D eigenvalue weighted by molar-refractivity contribution is 0.0220. The van der Waals surface area contributed by atoms with E-state index in [9.17, 15) is 0 Å². The molecule has 0 aromatic carbocycles. The van der Waals surface area contributed by atoms with Gasteiger partial charge in [0, 0.05) is 6.61 Å². The van der Waals surface area contributed by atoms with Crippen LogP contribution in [0.25, 0.3) is 0 Å². The number of hydrogen-bond donors (Lipinski definition) is 0. The van der Waals surface area contributed by atoms with E-state index in [2.05, 4.69) is 0 Å². The van der Waals surface area contributed by atoms with Crippen LogP contribution in [0.1, 0.15) is 70.6 Å². The molecule has 1 aliphatic carbocycles. The highest BCUT2D eigenvalue weighted by Gasteiger charge is 2.27. The van der Waals surface area contributed by atoms with Gasteiger partial charge in [0.1, 0.15) is 0 Å². The SMILES string of the molecule is C1CCCCOC2CCCC2CCCC1. The molecule has 0 spiro atoms. The molecule has 1 aliphatic heterocycles. The standard InChI is InChI=1S/C14H26O/c1-2-4-6-9-13-10-8-11-14(13)15-12-7-5-3-1/h13-14H,1-12H2. The van der Waals surface area contributed by atoms with E-state index >= 15 is 0 Å². The molecule has 0 bridgehead atoms. The Labute approximate surface area is 94.6 Å². The maximum absolute atomic E-state index is 6.04. The summed E-state index contributed by atoms with van der Waals surface area (Å²) in [5.74, 6) is 0.907. The van der Waals surface area contributed by atoms with Crippen molar-refractivity contribution in [3.63, 3.8) is 0 Å². The van der Waals surface area contributed by atoms with Crippen LogP contribution in [0.3, 0.4) is 0 Å². The summed E-state index contributed by atoms with van der Waals surface area (Å²) in [6, 6.07) is 0. The van der Waals surface area contributed by atoms with Crippen molar-refractivity contribution >= 4 is 0 Å². The van der Waals surface area contributed by atoms with E-state index in [1.807, 2.05) is 0 Å². The molecule has 1 saturated heterocycles. The Hall–Kier alpha value is -0.0400. The molecule has 2 atom stereocenters. The molecular weight excluding hydrogens is 184 g/mol. The van der Waals surface area contributed by atoms with Crippen LogP contribution in [0.2, 0.25) is 0 Å². The third kappa shape index (κ3) is 3.79. The van der Waals surface area contributed by atoms with E-state index in [0.717, 1.165) is 12.5 Å². The van der Waals surface area contributed by atoms with Crippen LogP contribution in [-0.4, -0.2) is 12.7 Å². The minimum Gasteiger partial charge on any atom is -0.378 e. The van der Waals surface area contributed by atoms with Gasteiger partial charge in [0.15, 0.2) is 0 Å². The summed E-state index contributed by atoms with van der Waals surface area (Å²) in [5.41, 5.74) is 0. The fourth-order valence-corrected chi connectivity index (χ4v) is 3.18. The predicted molar refractivity (Wildman–Crippen MR) is 64.0 cm³/mol. The van der Waals surface area contributed by atoms with Crippen LogP contribution < -0.4 is 0 Å². The van der Waals surface area contributed by atoms with Gasteiger partial charge in [0.05, 0.1) is 6.10 Å². The molecule has 2 rings (SSSR count). The fourth-order valence-electron chi connectivity index (χ4n) is 3.18. The summed E-state index contributed by atoms with van der Waals surface area (Å²) in [6.45, 7) is 1.03. The second-order valence-corrected chi connectivity index (χ2v) is 5.36. The summed E-state index contributed by atoms with van der Waals surface area (Å²) in [5, 5.41) is 0. The molecule has 0 aromatic heterocycles. The maximum atomic E-state index is 6.04. The van der Waals surface area contributed by atoms with Crippen molar-refractivity contribution in [1.82, 2.24) is 0 Å². The first-order valence-corrected chi connectivity index (χ1v) is 7.08. The highest BCUT2D eigenvalue weighted by molar-refractivity contribution is 4.78. The third-order valence-corrected chi connectivity index (χ3v) is 4.14. The molecule has 2 fully saturated rings. The van der Waals surface area contributed by atoms with E-state index in [-0.39, 0.29) is 0 Å². The van der Waals surface area contributed by atoms with Crippen molar-refractivity contribution in [2.75, 3.05) is 6.61 Å². The minimum absolute atomic E-state index is 0.629. The van der Waals surface area contributed by atoms with Crippen molar-refractivity contribution in [3.8, 4) is 0 Å². The first-order chi connectivity index (χ1) is 7.47. The molecular formula is C14H26O. The average molecular weight is 210 g/mol. The Morgan fingerprint density at radius 3 is 2.13 bits per heavy atom. The molecule has 0 amide bonds. The summed E-state index contributed by atoms with van der Waals surface area (Å²) in [4.78, 5) is 0. The van der Waals surface area contributed by atoms with Crippen LogP contribution in [-0.2, 0) is 4.74 Å². The number of ether oxygens (including phenoxy) is 1. The lowest BCUT2D eigenvalue weighted by atomic mass is 9.96. The van der Waals surface area contributed by atoms with Gasteiger partial charge >= 0.3 is 0 Å². The Balaban J connectivity index is 1.77. The molecule has 1 heterocycles. The molecule has 1 heteroatoms. The number of fused-ring (bicyclic) bond motifs is 1. The van der Waals surface area contributed by atoms with Crippen molar-refractivity contribution in [2.45, 2.75) is 76.7 Å². The van der Waals surface area contributed by atoms with E-state index in [1.54, 1.807) is 0 Å². The number of hydrogen-bond acceptors (Lipinski definition) is 1. The molecule has 2 unspecified atom stereocenters. The van der Waals surface area contributed by atoms with Crippen molar-refractivity contribution in [2.24, 2.45) is 5.92 Å². The largest absolute Gasteiger partial charge is 0.378 e. The second-order valence-electron chi connectivity index (χ2n) is 5.36. The highest BCUT2D eigenvalue weighted by Crippen LogP contribution is 2.32. The lowest BCUT2D eigenvalue weighted by Crippen LogP contribution is -2.19. The van der Waals surface area contributed by atoms with Gasteiger partial charge < -0.3 is 4.74 Å². The Morgan fingerprint density at radius 2 is 1.27 bits per heavy atom. The van der Waals surface area contributed by atoms with Crippen molar-refractivity contribution < 1.29 is 4.74 Å². The zero-order valence-electron chi connectivity index (χ0n) is 10.0. The van der Waals surface area contributed by atoms with Crippen molar-refractivity contribution in [1.29, 1.82) is 0 Å². The Morgan fingerprint density at radius 1 is 0.600 bits per heavy atom. The van der Waals surface area contributed by atoms with Gasteiger partial charge in [-0.1, -0.05) is 44.9 Å². The van der Waals surface area contributed by atoms with E-state index in [0.29, 0.717) is 6.10 Å². The van der Waals surface area contributed by atoms with Crippen LogP contribution in [0.5, 0.6) is 0 Å². The highest BCUT2D eigenvalue weighted by atomic mass is 16.5. The lowest BCUT2D eigenvalue weighted by Gasteiger charge is -2.21. The van der Waals surface area contributed by atoms with E-state index < -0.39 is 0 Å². The molecule has 1 nitrogen and oxygen atoms in total. The van der Waals surface area contributed by atoms with Crippen molar-refractivity contribution in [3.05, 3.63) is 0 Å². The summed E-state index contributed by atoms with van der Waals surface area (Å²) >= 11 is 0. The van der Waals surface area contributed by atoms with E-state index in [4.69, 9.17) is 4.74 Å². The first kappa shape index (κ1) is 11.4. The van der Waals surface area contributed by atoms with Crippen LogP contribution >= 0.6 is 0 Å². The Kier molecular flexibility index (Phi) is 4.98. The van der Waals surface area contributed by atoms with Crippen LogP contribution in [0.15, 0.2) is 0 Å². The predicted octanol–water partition coefficient (Wildman–Crippen LogP) is 4.31. The molecule has 2 aliphatic rings. The van der Waals surface area contributed by atoms with Gasteiger partial charge in [0.25, 0.3) is 0 Å².